The third kappa shape index (κ3) is 3.16. The van der Waals surface area contributed by atoms with Crippen LogP contribution < -0.4 is 15.4 Å². The van der Waals surface area contributed by atoms with Gasteiger partial charge in [-0.3, -0.25) is 4.79 Å². The minimum absolute atomic E-state index is 0.0202. The van der Waals surface area contributed by atoms with Crippen LogP contribution in [0.5, 0.6) is 5.75 Å². The molecular formula is C12H14F2N2O2. The Labute approximate surface area is 103 Å². The molecule has 2 rings (SSSR count). The lowest BCUT2D eigenvalue weighted by molar-refractivity contribution is -0.126. The molecule has 0 aromatic heterocycles. The van der Waals surface area contributed by atoms with Crippen LogP contribution in [0.25, 0.3) is 0 Å². The summed E-state index contributed by atoms with van der Waals surface area (Å²) in [5.74, 6) is 0.00770. The average Bonchev–Trinajstić information content (AvgIpc) is 2.25. The van der Waals surface area contributed by atoms with Crippen LogP contribution in [-0.4, -0.2) is 25.6 Å². The number of hydrogen-bond acceptors (Lipinski definition) is 3. The van der Waals surface area contributed by atoms with Crippen LogP contribution >= 0.6 is 0 Å². The van der Waals surface area contributed by atoms with E-state index in [0.29, 0.717) is 18.7 Å². The maximum absolute atomic E-state index is 12.2. The molecule has 0 spiro atoms. The average molecular weight is 256 g/mol. The highest BCUT2D eigenvalue weighted by Gasteiger charge is 2.24. The van der Waals surface area contributed by atoms with E-state index in [1.165, 1.54) is 6.07 Å². The van der Waals surface area contributed by atoms with Crippen LogP contribution in [0.2, 0.25) is 0 Å². The normalized spacial score (nSPS) is 15.3. The van der Waals surface area contributed by atoms with Crippen molar-refractivity contribution in [2.24, 2.45) is 5.92 Å². The monoisotopic (exact) mass is 256 g/mol. The minimum Gasteiger partial charge on any atom is -0.434 e. The molecule has 18 heavy (non-hydrogen) atoms. The van der Waals surface area contributed by atoms with E-state index in [-0.39, 0.29) is 24.1 Å². The molecule has 1 heterocycles. The highest BCUT2D eigenvalue weighted by Crippen LogP contribution is 2.20. The van der Waals surface area contributed by atoms with Crippen molar-refractivity contribution in [3.63, 3.8) is 0 Å². The molecule has 4 nitrogen and oxygen atoms in total. The number of carbonyl (C=O) groups excluding carboxylic acids is 1. The highest BCUT2D eigenvalue weighted by molar-refractivity contribution is 5.80. The van der Waals surface area contributed by atoms with Crippen LogP contribution in [0.3, 0.4) is 0 Å². The molecule has 0 radical (unpaired) electrons. The second-order valence-electron chi connectivity index (χ2n) is 4.06. The molecular weight excluding hydrogens is 242 g/mol. The van der Waals surface area contributed by atoms with E-state index >= 15 is 0 Å². The van der Waals surface area contributed by atoms with Crippen molar-refractivity contribution in [2.45, 2.75) is 13.2 Å². The summed E-state index contributed by atoms with van der Waals surface area (Å²) in [5, 5.41) is 5.70. The van der Waals surface area contributed by atoms with Gasteiger partial charge in [-0.2, -0.15) is 8.78 Å². The van der Waals surface area contributed by atoms with Crippen molar-refractivity contribution in [1.29, 1.82) is 0 Å². The first-order valence-corrected chi connectivity index (χ1v) is 5.68. The van der Waals surface area contributed by atoms with Gasteiger partial charge in [-0.05, 0) is 6.07 Å². The van der Waals surface area contributed by atoms with Crippen LogP contribution in [0.4, 0.5) is 8.78 Å². The number of benzene rings is 1. The molecule has 1 saturated heterocycles. The van der Waals surface area contributed by atoms with Crippen molar-refractivity contribution < 1.29 is 18.3 Å². The second-order valence-corrected chi connectivity index (χ2v) is 4.06. The summed E-state index contributed by atoms with van der Waals surface area (Å²) >= 11 is 0. The van der Waals surface area contributed by atoms with E-state index < -0.39 is 6.61 Å². The van der Waals surface area contributed by atoms with Crippen molar-refractivity contribution in [2.75, 3.05) is 13.1 Å². The number of para-hydroxylation sites is 1. The van der Waals surface area contributed by atoms with Gasteiger partial charge in [0, 0.05) is 25.2 Å². The molecule has 2 N–H and O–H groups in total. The maximum atomic E-state index is 12.2. The van der Waals surface area contributed by atoms with E-state index in [0.717, 1.165) is 0 Å². The SMILES string of the molecule is O=C(NCc1ccccc1OC(F)F)C1CNC1. The Kier molecular flexibility index (Phi) is 4.09. The van der Waals surface area contributed by atoms with Gasteiger partial charge in [0.15, 0.2) is 0 Å². The zero-order chi connectivity index (χ0) is 13.0. The van der Waals surface area contributed by atoms with Crippen molar-refractivity contribution >= 4 is 5.91 Å². The maximum Gasteiger partial charge on any atom is 0.387 e. The Morgan fingerprint density at radius 1 is 1.44 bits per heavy atom. The fourth-order valence-corrected chi connectivity index (χ4v) is 1.66. The number of carbonyl (C=O) groups is 1. The fraction of sp³-hybridized carbons (Fsp3) is 0.417. The van der Waals surface area contributed by atoms with E-state index in [9.17, 15) is 13.6 Å². The predicted octanol–water partition coefficient (Wildman–Crippen LogP) is 1.12. The lowest BCUT2D eigenvalue weighted by atomic mass is 10.0. The van der Waals surface area contributed by atoms with Crippen molar-refractivity contribution in [3.8, 4) is 5.75 Å². The first kappa shape index (κ1) is 12.8. The summed E-state index contributed by atoms with van der Waals surface area (Å²) in [5.41, 5.74) is 0.540. The second kappa shape index (κ2) is 5.77. The summed E-state index contributed by atoms with van der Waals surface area (Å²) in [6, 6.07) is 6.43. The topological polar surface area (TPSA) is 50.4 Å². The lowest BCUT2D eigenvalue weighted by Gasteiger charge is -2.25. The first-order valence-electron chi connectivity index (χ1n) is 5.68. The Morgan fingerprint density at radius 2 is 2.17 bits per heavy atom. The van der Waals surface area contributed by atoms with E-state index in [1.54, 1.807) is 18.2 Å². The van der Waals surface area contributed by atoms with Gasteiger partial charge >= 0.3 is 6.61 Å². The van der Waals surface area contributed by atoms with Gasteiger partial charge in [-0.15, -0.1) is 0 Å². The number of halogens is 2. The molecule has 1 fully saturated rings. The molecule has 0 atom stereocenters. The minimum atomic E-state index is -2.86. The van der Waals surface area contributed by atoms with Crippen molar-refractivity contribution in [3.05, 3.63) is 29.8 Å². The lowest BCUT2D eigenvalue weighted by Crippen LogP contribution is -2.50. The van der Waals surface area contributed by atoms with Gasteiger partial charge in [0.1, 0.15) is 5.75 Å². The smallest absolute Gasteiger partial charge is 0.387 e. The van der Waals surface area contributed by atoms with Gasteiger partial charge in [0.05, 0.1) is 5.92 Å². The molecule has 98 valence electrons. The van der Waals surface area contributed by atoms with Crippen LogP contribution in [0.15, 0.2) is 24.3 Å². The number of alkyl halides is 2. The molecule has 1 aliphatic rings. The van der Waals surface area contributed by atoms with Gasteiger partial charge in [0.25, 0.3) is 0 Å². The highest BCUT2D eigenvalue weighted by atomic mass is 19.3. The molecule has 0 saturated carbocycles. The molecule has 1 aliphatic heterocycles. The summed E-state index contributed by atoms with van der Waals surface area (Å²) in [6.07, 6.45) is 0. The van der Waals surface area contributed by atoms with Crippen LogP contribution in [0.1, 0.15) is 5.56 Å². The van der Waals surface area contributed by atoms with Gasteiger partial charge in [-0.1, -0.05) is 18.2 Å². The van der Waals surface area contributed by atoms with Crippen LogP contribution in [0, 0.1) is 5.92 Å². The Bertz CT molecular complexity index is 422. The Morgan fingerprint density at radius 3 is 2.78 bits per heavy atom. The summed E-state index contributed by atoms with van der Waals surface area (Å²) in [4.78, 5) is 11.6. The van der Waals surface area contributed by atoms with Gasteiger partial charge in [0.2, 0.25) is 5.91 Å². The molecule has 1 aromatic carbocycles. The number of hydrogen-bond donors (Lipinski definition) is 2. The predicted molar refractivity (Wildman–Crippen MR) is 61.3 cm³/mol. The Balaban J connectivity index is 1.93. The van der Waals surface area contributed by atoms with Crippen LogP contribution in [-0.2, 0) is 11.3 Å². The third-order valence-electron chi connectivity index (χ3n) is 2.79. The zero-order valence-corrected chi connectivity index (χ0v) is 9.66. The van der Waals surface area contributed by atoms with E-state index in [1.807, 2.05) is 0 Å². The van der Waals surface area contributed by atoms with Gasteiger partial charge < -0.3 is 15.4 Å². The number of nitrogens with one attached hydrogen (secondary N) is 2. The molecule has 6 heteroatoms. The largest absolute Gasteiger partial charge is 0.434 e. The zero-order valence-electron chi connectivity index (χ0n) is 9.66. The quantitative estimate of drug-likeness (QED) is 0.830. The number of rotatable bonds is 5. The summed E-state index contributed by atoms with van der Waals surface area (Å²) < 4.78 is 28.7. The molecule has 0 unspecified atom stereocenters. The first-order chi connectivity index (χ1) is 8.66. The van der Waals surface area contributed by atoms with E-state index in [4.69, 9.17) is 0 Å². The van der Waals surface area contributed by atoms with E-state index in [2.05, 4.69) is 15.4 Å². The van der Waals surface area contributed by atoms with Crippen molar-refractivity contribution in [1.82, 2.24) is 10.6 Å². The molecule has 0 bridgehead atoms. The Hall–Kier alpha value is -1.69. The molecule has 0 aliphatic carbocycles. The molecule has 1 aromatic rings. The fourth-order valence-electron chi connectivity index (χ4n) is 1.66. The van der Waals surface area contributed by atoms with Gasteiger partial charge in [-0.25, -0.2) is 0 Å². The summed E-state index contributed by atoms with van der Waals surface area (Å²) in [7, 11) is 0. The standard InChI is InChI=1S/C12H14F2N2O2/c13-12(14)18-10-4-2-1-3-8(10)7-16-11(17)9-5-15-6-9/h1-4,9,12,15H,5-7H2,(H,16,17). The summed E-state index contributed by atoms with van der Waals surface area (Å²) in [6.45, 7) is -1.34. The third-order valence-corrected chi connectivity index (χ3v) is 2.79. The number of amides is 1. The number of ether oxygens (including phenoxy) is 1. The molecule has 1 amide bonds.